The largest absolute Gasteiger partial charge is 0.372 e. The lowest BCUT2D eigenvalue weighted by Crippen LogP contribution is -2.46. The van der Waals surface area contributed by atoms with E-state index in [1.54, 1.807) is 0 Å². The molecule has 1 aliphatic heterocycles. The second-order valence-electron chi connectivity index (χ2n) is 6.23. The Morgan fingerprint density at radius 1 is 1.10 bits per heavy atom. The van der Waals surface area contributed by atoms with Crippen LogP contribution in [0.15, 0.2) is 30.3 Å². The molecular weight excluding hydrogens is 248 g/mol. The standard InChI is InChI=1S/C17H26N2O/c18-15-10-11-19(12-15)16-8-4-5-9-17(16)20-13-14-6-2-1-3-7-14/h1-3,6-7,15-17H,4-5,8-13,18H2/t15-,16?,17?/m1/s1. The van der Waals surface area contributed by atoms with Crippen LogP contribution in [0.1, 0.15) is 37.7 Å². The van der Waals surface area contributed by atoms with Crippen molar-refractivity contribution in [1.82, 2.24) is 4.90 Å². The normalized spacial score (nSPS) is 31.6. The first-order valence-corrected chi connectivity index (χ1v) is 7.98. The Morgan fingerprint density at radius 2 is 1.90 bits per heavy atom. The molecule has 1 aromatic carbocycles. The van der Waals surface area contributed by atoms with Gasteiger partial charge in [-0.3, -0.25) is 4.90 Å². The molecule has 0 radical (unpaired) electrons. The summed E-state index contributed by atoms with van der Waals surface area (Å²) in [5, 5.41) is 0. The molecule has 0 aromatic heterocycles. The van der Waals surface area contributed by atoms with Gasteiger partial charge in [-0.15, -0.1) is 0 Å². The summed E-state index contributed by atoms with van der Waals surface area (Å²) in [5.74, 6) is 0. The Hall–Kier alpha value is -0.900. The van der Waals surface area contributed by atoms with E-state index in [1.165, 1.54) is 31.2 Å². The molecule has 1 saturated heterocycles. The molecule has 2 aliphatic rings. The van der Waals surface area contributed by atoms with E-state index in [9.17, 15) is 0 Å². The van der Waals surface area contributed by atoms with Gasteiger partial charge < -0.3 is 10.5 Å². The zero-order valence-electron chi connectivity index (χ0n) is 12.2. The van der Waals surface area contributed by atoms with Crippen molar-refractivity contribution in [3.63, 3.8) is 0 Å². The molecular formula is C17H26N2O. The van der Waals surface area contributed by atoms with E-state index in [-0.39, 0.29) is 0 Å². The van der Waals surface area contributed by atoms with Crippen LogP contribution in [0.5, 0.6) is 0 Å². The van der Waals surface area contributed by atoms with Crippen LogP contribution in [0.2, 0.25) is 0 Å². The quantitative estimate of drug-likeness (QED) is 0.917. The summed E-state index contributed by atoms with van der Waals surface area (Å²) in [6, 6.07) is 11.5. The number of likely N-dealkylation sites (tertiary alicyclic amines) is 1. The van der Waals surface area contributed by atoms with Crippen LogP contribution >= 0.6 is 0 Å². The van der Waals surface area contributed by atoms with E-state index in [1.807, 2.05) is 0 Å². The van der Waals surface area contributed by atoms with E-state index in [4.69, 9.17) is 10.5 Å². The molecule has 2 unspecified atom stereocenters. The highest BCUT2D eigenvalue weighted by molar-refractivity contribution is 5.13. The van der Waals surface area contributed by atoms with Gasteiger partial charge in [-0.25, -0.2) is 0 Å². The minimum absolute atomic E-state index is 0.367. The van der Waals surface area contributed by atoms with Crippen molar-refractivity contribution in [2.75, 3.05) is 13.1 Å². The fourth-order valence-electron chi connectivity index (χ4n) is 3.58. The van der Waals surface area contributed by atoms with Crippen LogP contribution in [0.3, 0.4) is 0 Å². The lowest BCUT2D eigenvalue weighted by atomic mass is 9.91. The highest BCUT2D eigenvalue weighted by Gasteiger charge is 2.34. The van der Waals surface area contributed by atoms with Crippen LogP contribution in [0, 0.1) is 0 Å². The lowest BCUT2D eigenvalue weighted by molar-refractivity contribution is -0.0392. The predicted molar refractivity (Wildman–Crippen MR) is 81.4 cm³/mol. The fourth-order valence-corrected chi connectivity index (χ4v) is 3.58. The molecule has 3 heteroatoms. The number of hydrogen-bond donors (Lipinski definition) is 1. The summed E-state index contributed by atoms with van der Waals surface area (Å²) in [6.07, 6.45) is 6.63. The molecule has 2 fully saturated rings. The molecule has 1 aromatic rings. The van der Waals surface area contributed by atoms with Crippen LogP contribution in [0.4, 0.5) is 0 Å². The predicted octanol–water partition coefficient (Wildman–Crippen LogP) is 2.55. The zero-order chi connectivity index (χ0) is 13.8. The van der Waals surface area contributed by atoms with Crippen molar-refractivity contribution in [1.29, 1.82) is 0 Å². The molecule has 1 saturated carbocycles. The molecule has 2 N–H and O–H groups in total. The summed E-state index contributed by atoms with van der Waals surface area (Å²) in [6.45, 7) is 2.94. The second-order valence-corrected chi connectivity index (χ2v) is 6.23. The van der Waals surface area contributed by atoms with Crippen LogP contribution in [0.25, 0.3) is 0 Å². The molecule has 20 heavy (non-hydrogen) atoms. The smallest absolute Gasteiger partial charge is 0.0734 e. The molecule has 3 atom stereocenters. The maximum atomic E-state index is 6.25. The van der Waals surface area contributed by atoms with Gasteiger partial charge in [0.2, 0.25) is 0 Å². The second kappa shape index (κ2) is 6.70. The minimum Gasteiger partial charge on any atom is -0.372 e. The van der Waals surface area contributed by atoms with Crippen LogP contribution in [-0.2, 0) is 11.3 Å². The zero-order valence-corrected chi connectivity index (χ0v) is 12.2. The molecule has 3 rings (SSSR count). The molecule has 0 bridgehead atoms. The Balaban J connectivity index is 1.58. The molecule has 1 aliphatic carbocycles. The SMILES string of the molecule is N[C@@H]1CCN(C2CCCCC2OCc2ccccc2)C1. The Morgan fingerprint density at radius 3 is 2.65 bits per heavy atom. The first-order valence-electron chi connectivity index (χ1n) is 7.98. The summed E-state index contributed by atoms with van der Waals surface area (Å²) in [7, 11) is 0. The highest BCUT2D eigenvalue weighted by Crippen LogP contribution is 2.28. The highest BCUT2D eigenvalue weighted by atomic mass is 16.5. The third kappa shape index (κ3) is 3.40. The number of nitrogens with zero attached hydrogens (tertiary/aromatic N) is 1. The van der Waals surface area contributed by atoms with Gasteiger partial charge in [0.05, 0.1) is 12.7 Å². The van der Waals surface area contributed by atoms with E-state index in [0.29, 0.717) is 18.2 Å². The van der Waals surface area contributed by atoms with E-state index in [0.717, 1.165) is 26.1 Å². The summed E-state index contributed by atoms with van der Waals surface area (Å²) in [5.41, 5.74) is 7.33. The van der Waals surface area contributed by atoms with Gasteiger partial charge in [-0.05, 0) is 24.8 Å². The Kier molecular flexibility index (Phi) is 4.71. The van der Waals surface area contributed by atoms with Crippen molar-refractivity contribution >= 4 is 0 Å². The van der Waals surface area contributed by atoms with Gasteiger partial charge >= 0.3 is 0 Å². The van der Waals surface area contributed by atoms with Gasteiger partial charge in [0.1, 0.15) is 0 Å². The first-order chi connectivity index (χ1) is 9.83. The van der Waals surface area contributed by atoms with Crippen molar-refractivity contribution in [2.45, 2.75) is 56.9 Å². The third-order valence-corrected chi connectivity index (χ3v) is 4.70. The molecule has 1 heterocycles. The number of ether oxygens (including phenoxy) is 1. The Bertz CT molecular complexity index is 409. The summed E-state index contributed by atoms with van der Waals surface area (Å²) in [4.78, 5) is 2.57. The molecule has 0 spiro atoms. The van der Waals surface area contributed by atoms with Crippen LogP contribution < -0.4 is 5.73 Å². The van der Waals surface area contributed by atoms with Crippen molar-refractivity contribution < 1.29 is 4.74 Å². The minimum atomic E-state index is 0.367. The van der Waals surface area contributed by atoms with Gasteiger partial charge in [0, 0.05) is 25.2 Å². The fraction of sp³-hybridized carbons (Fsp3) is 0.647. The van der Waals surface area contributed by atoms with E-state index in [2.05, 4.69) is 35.2 Å². The topological polar surface area (TPSA) is 38.5 Å². The van der Waals surface area contributed by atoms with E-state index >= 15 is 0 Å². The average molecular weight is 274 g/mol. The Labute approximate surface area is 122 Å². The summed E-state index contributed by atoms with van der Waals surface area (Å²) >= 11 is 0. The number of nitrogens with two attached hydrogens (primary N) is 1. The van der Waals surface area contributed by atoms with Crippen molar-refractivity contribution in [3.05, 3.63) is 35.9 Å². The van der Waals surface area contributed by atoms with Crippen LogP contribution in [-0.4, -0.2) is 36.2 Å². The summed E-state index contributed by atoms with van der Waals surface area (Å²) < 4.78 is 6.25. The van der Waals surface area contributed by atoms with Gasteiger partial charge in [0.25, 0.3) is 0 Å². The molecule has 0 amide bonds. The number of hydrogen-bond acceptors (Lipinski definition) is 3. The lowest BCUT2D eigenvalue weighted by Gasteiger charge is -2.37. The van der Waals surface area contributed by atoms with Crippen molar-refractivity contribution in [2.24, 2.45) is 5.73 Å². The van der Waals surface area contributed by atoms with Gasteiger partial charge in [0.15, 0.2) is 0 Å². The van der Waals surface area contributed by atoms with Crippen molar-refractivity contribution in [3.8, 4) is 0 Å². The maximum Gasteiger partial charge on any atom is 0.0734 e. The average Bonchev–Trinajstić information content (AvgIpc) is 2.93. The number of benzene rings is 1. The third-order valence-electron chi connectivity index (χ3n) is 4.70. The van der Waals surface area contributed by atoms with Gasteiger partial charge in [-0.1, -0.05) is 43.2 Å². The first kappa shape index (κ1) is 14.1. The van der Waals surface area contributed by atoms with Gasteiger partial charge in [-0.2, -0.15) is 0 Å². The molecule has 3 nitrogen and oxygen atoms in total. The maximum absolute atomic E-state index is 6.25. The monoisotopic (exact) mass is 274 g/mol. The van der Waals surface area contributed by atoms with E-state index < -0.39 is 0 Å². The molecule has 110 valence electrons. The number of rotatable bonds is 4.